The first-order valence-corrected chi connectivity index (χ1v) is 7.39. The molecular weight excluding hydrogens is 224 g/mol. The predicted octanol–water partition coefficient (Wildman–Crippen LogP) is 2.69. The highest BCUT2D eigenvalue weighted by molar-refractivity contribution is 5.79. The van der Waals surface area contributed by atoms with Crippen LogP contribution in [0.15, 0.2) is 0 Å². The van der Waals surface area contributed by atoms with Gasteiger partial charge in [0.1, 0.15) is 0 Å². The van der Waals surface area contributed by atoms with Crippen LogP contribution in [0.3, 0.4) is 0 Å². The predicted molar refractivity (Wildman–Crippen MR) is 76.2 cm³/mol. The van der Waals surface area contributed by atoms with Crippen LogP contribution < -0.4 is 11.1 Å². The maximum atomic E-state index is 12.5. The van der Waals surface area contributed by atoms with Crippen LogP contribution >= 0.6 is 0 Å². The number of rotatable bonds is 5. The number of hydrogen-bond donors (Lipinski definition) is 2. The van der Waals surface area contributed by atoms with Gasteiger partial charge in [-0.2, -0.15) is 0 Å². The second kappa shape index (κ2) is 6.55. The minimum atomic E-state index is 0.145. The summed E-state index contributed by atoms with van der Waals surface area (Å²) < 4.78 is 0. The number of hydrogen-bond acceptors (Lipinski definition) is 2. The lowest BCUT2D eigenvalue weighted by Crippen LogP contribution is -2.47. The van der Waals surface area contributed by atoms with E-state index in [1.54, 1.807) is 0 Å². The van der Waals surface area contributed by atoms with Gasteiger partial charge < -0.3 is 11.1 Å². The highest BCUT2D eigenvalue weighted by Gasteiger charge is 2.37. The van der Waals surface area contributed by atoms with Gasteiger partial charge in [-0.3, -0.25) is 4.79 Å². The third kappa shape index (κ3) is 3.98. The Morgan fingerprint density at radius 1 is 1.39 bits per heavy atom. The van der Waals surface area contributed by atoms with Crippen LogP contribution in [0, 0.1) is 17.3 Å². The molecule has 1 fully saturated rings. The van der Waals surface area contributed by atoms with E-state index in [4.69, 9.17) is 5.73 Å². The van der Waals surface area contributed by atoms with Crippen molar-refractivity contribution in [2.24, 2.45) is 23.0 Å². The molecule has 0 aliphatic heterocycles. The molecular formula is C15H30N2O. The van der Waals surface area contributed by atoms with Gasteiger partial charge in [0, 0.05) is 12.0 Å². The van der Waals surface area contributed by atoms with Crippen LogP contribution in [0.5, 0.6) is 0 Å². The number of nitrogens with two attached hydrogens (primary N) is 1. The Morgan fingerprint density at radius 2 is 2.06 bits per heavy atom. The van der Waals surface area contributed by atoms with Crippen molar-refractivity contribution < 1.29 is 4.79 Å². The average molecular weight is 254 g/mol. The normalized spacial score (nSPS) is 24.9. The molecule has 1 aliphatic carbocycles. The lowest BCUT2D eigenvalue weighted by Gasteiger charge is -2.38. The molecule has 106 valence electrons. The lowest BCUT2D eigenvalue weighted by molar-refractivity contribution is -0.131. The summed E-state index contributed by atoms with van der Waals surface area (Å²) in [5, 5.41) is 3.22. The van der Waals surface area contributed by atoms with Crippen LogP contribution in [0.4, 0.5) is 0 Å². The van der Waals surface area contributed by atoms with Gasteiger partial charge in [0.2, 0.25) is 5.91 Å². The van der Waals surface area contributed by atoms with E-state index in [0.29, 0.717) is 12.5 Å². The van der Waals surface area contributed by atoms with Crippen molar-refractivity contribution >= 4 is 5.91 Å². The average Bonchev–Trinajstić information content (AvgIpc) is 2.27. The molecule has 0 heterocycles. The van der Waals surface area contributed by atoms with E-state index in [0.717, 1.165) is 19.3 Å². The summed E-state index contributed by atoms with van der Waals surface area (Å²) in [7, 11) is 0. The molecule has 0 spiro atoms. The molecule has 0 aromatic rings. The topological polar surface area (TPSA) is 55.1 Å². The van der Waals surface area contributed by atoms with E-state index in [2.05, 4.69) is 33.0 Å². The third-order valence-corrected chi connectivity index (χ3v) is 4.43. The Morgan fingerprint density at radius 3 is 2.56 bits per heavy atom. The number of nitrogens with one attached hydrogen (secondary N) is 1. The number of carbonyl (C=O) groups is 1. The van der Waals surface area contributed by atoms with Crippen molar-refractivity contribution in [2.45, 2.75) is 65.8 Å². The minimum absolute atomic E-state index is 0.145. The zero-order chi connectivity index (χ0) is 13.8. The Hall–Kier alpha value is -0.570. The molecule has 1 amide bonds. The highest BCUT2D eigenvalue weighted by Crippen LogP contribution is 2.40. The van der Waals surface area contributed by atoms with Crippen LogP contribution in [0.1, 0.15) is 59.8 Å². The maximum Gasteiger partial charge on any atom is 0.223 e. The summed E-state index contributed by atoms with van der Waals surface area (Å²) >= 11 is 0. The second-order valence-electron chi connectivity index (χ2n) is 6.72. The third-order valence-electron chi connectivity index (χ3n) is 4.43. The molecule has 0 saturated heterocycles. The number of amides is 1. The Balaban J connectivity index is 2.62. The molecule has 2 atom stereocenters. The summed E-state index contributed by atoms with van der Waals surface area (Å²) in [6.45, 7) is 9.38. The summed E-state index contributed by atoms with van der Waals surface area (Å²) in [6.07, 6.45) is 5.51. The van der Waals surface area contributed by atoms with E-state index in [1.165, 1.54) is 12.8 Å². The molecule has 2 unspecified atom stereocenters. The van der Waals surface area contributed by atoms with Crippen LogP contribution in [-0.2, 0) is 4.79 Å². The Labute approximate surface area is 112 Å². The molecule has 0 aromatic heterocycles. The van der Waals surface area contributed by atoms with Gasteiger partial charge in [-0.15, -0.1) is 0 Å². The fourth-order valence-electron chi connectivity index (χ4n) is 3.02. The highest BCUT2D eigenvalue weighted by atomic mass is 16.2. The molecule has 1 aliphatic rings. The summed E-state index contributed by atoms with van der Waals surface area (Å²) in [5.74, 6) is 0.862. The van der Waals surface area contributed by atoms with Crippen molar-refractivity contribution in [2.75, 3.05) is 6.54 Å². The maximum absolute atomic E-state index is 12.5. The monoisotopic (exact) mass is 254 g/mol. The first-order chi connectivity index (χ1) is 8.38. The summed E-state index contributed by atoms with van der Waals surface area (Å²) in [5.41, 5.74) is 5.77. The van der Waals surface area contributed by atoms with Crippen molar-refractivity contribution in [3.63, 3.8) is 0 Å². The molecule has 0 radical (unpaired) electrons. The SMILES string of the molecule is CC(C)C(CCN)NC(=O)C1CCCCC1(C)C. The molecule has 3 nitrogen and oxygen atoms in total. The quantitative estimate of drug-likeness (QED) is 0.792. The Kier molecular flexibility index (Phi) is 5.64. The van der Waals surface area contributed by atoms with E-state index in [9.17, 15) is 4.79 Å². The van der Waals surface area contributed by atoms with Gasteiger partial charge >= 0.3 is 0 Å². The van der Waals surface area contributed by atoms with Crippen molar-refractivity contribution in [3.8, 4) is 0 Å². The molecule has 1 rings (SSSR count). The molecule has 3 heteroatoms. The van der Waals surface area contributed by atoms with Crippen molar-refractivity contribution in [1.29, 1.82) is 0 Å². The summed E-state index contributed by atoms with van der Waals surface area (Å²) in [6, 6.07) is 0.222. The fraction of sp³-hybridized carbons (Fsp3) is 0.933. The first kappa shape index (κ1) is 15.5. The lowest BCUT2D eigenvalue weighted by atomic mass is 9.68. The van der Waals surface area contributed by atoms with E-state index in [-0.39, 0.29) is 23.3 Å². The van der Waals surface area contributed by atoms with Crippen LogP contribution in [-0.4, -0.2) is 18.5 Å². The zero-order valence-corrected chi connectivity index (χ0v) is 12.5. The van der Waals surface area contributed by atoms with Gasteiger partial charge in [0.15, 0.2) is 0 Å². The van der Waals surface area contributed by atoms with E-state index < -0.39 is 0 Å². The van der Waals surface area contributed by atoms with Gasteiger partial charge in [0.25, 0.3) is 0 Å². The van der Waals surface area contributed by atoms with Gasteiger partial charge in [-0.25, -0.2) is 0 Å². The second-order valence-corrected chi connectivity index (χ2v) is 6.72. The van der Waals surface area contributed by atoms with Crippen LogP contribution in [0.25, 0.3) is 0 Å². The largest absolute Gasteiger partial charge is 0.353 e. The first-order valence-electron chi connectivity index (χ1n) is 7.39. The van der Waals surface area contributed by atoms with Gasteiger partial charge in [-0.1, -0.05) is 40.5 Å². The summed E-state index contributed by atoms with van der Waals surface area (Å²) in [4.78, 5) is 12.5. The Bertz CT molecular complexity index is 274. The molecule has 3 N–H and O–H groups in total. The molecule has 1 saturated carbocycles. The number of carbonyl (C=O) groups excluding carboxylic acids is 1. The van der Waals surface area contributed by atoms with E-state index in [1.807, 2.05) is 0 Å². The molecule has 18 heavy (non-hydrogen) atoms. The minimum Gasteiger partial charge on any atom is -0.353 e. The fourth-order valence-corrected chi connectivity index (χ4v) is 3.02. The zero-order valence-electron chi connectivity index (χ0n) is 12.5. The van der Waals surface area contributed by atoms with Gasteiger partial charge in [0.05, 0.1) is 0 Å². The van der Waals surface area contributed by atoms with Gasteiger partial charge in [-0.05, 0) is 37.1 Å². The smallest absolute Gasteiger partial charge is 0.223 e. The van der Waals surface area contributed by atoms with Crippen LogP contribution in [0.2, 0.25) is 0 Å². The molecule has 0 bridgehead atoms. The van der Waals surface area contributed by atoms with Crippen molar-refractivity contribution in [3.05, 3.63) is 0 Å². The molecule has 0 aromatic carbocycles. The standard InChI is InChI=1S/C15H30N2O/c1-11(2)13(8-10-16)17-14(18)12-7-5-6-9-15(12,3)4/h11-13H,5-10,16H2,1-4H3,(H,17,18). The van der Waals surface area contributed by atoms with E-state index >= 15 is 0 Å². The van der Waals surface area contributed by atoms with Crippen molar-refractivity contribution in [1.82, 2.24) is 5.32 Å².